The van der Waals surface area contributed by atoms with Gasteiger partial charge in [0, 0.05) is 32.2 Å². The lowest BCUT2D eigenvalue weighted by Crippen LogP contribution is -2.35. The fraction of sp³-hybridized carbons (Fsp3) is 0.824. The molecule has 0 amide bonds. The second-order valence-electron chi connectivity index (χ2n) is 6.87. The highest BCUT2D eigenvalue weighted by Gasteiger charge is 2.23. The van der Waals surface area contributed by atoms with Crippen LogP contribution in [0.4, 0.5) is 5.82 Å². The topological polar surface area (TPSA) is 33.1 Å². The fourth-order valence-corrected chi connectivity index (χ4v) is 3.33. The summed E-state index contributed by atoms with van der Waals surface area (Å²) in [5, 5.41) is 8.23. The second kappa shape index (κ2) is 7.30. The maximum Gasteiger partial charge on any atom is 0.131 e. The first-order chi connectivity index (χ1) is 10.0. The summed E-state index contributed by atoms with van der Waals surface area (Å²) < 4.78 is 2.08. The molecule has 0 saturated carbocycles. The van der Waals surface area contributed by atoms with Crippen molar-refractivity contribution in [3.63, 3.8) is 0 Å². The Labute approximate surface area is 129 Å². The van der Waals surface area contributed by atoms with Crippen LogP contribution in [0.5, 0.6) is 0 Å². The molecule has 1 fully saturated rings. The van der Waals surface area contributed by atoms with Crippen molar-refractivity contribution < 1.29 is 0 Å². The number of hydrogen-bond acceptors (Lipinski definition) is 3. The first-order valence-corrected chi connectivity index (χ1v) is 8.51. The van der Waals surface area contributed by atoms with Gasteiger partial charge in [-0.25, -0.2) is 0 Å². The molecule has 4 nitrogen and oxygen atoms in total. The molecule has 2 rings (SSSR count). The van der Waals surface area contributed by atoms with Crippen molar-refractivity contribution in [2.24, 2.45) is 18.9 Å². The standard InChI is InChI=1S/C17H32N4/c1-6-15-7-9-21(10-8-15)17-16(12-18-11-13(2)3)14(4)19-20(17)5/h13,15,18H,6-12H2,1-5H3. The van der Waals surface area contributed by atoms with E-state index in [-0.39, 0.29) is 0 Å². The van der Waals surface area contributed by atoms with Crippen LogP contribution >= 0.6 is 0 Å². The summed E-state index contributed by atoms with van der Waals surface area (Å²) in [4.78, 5) is 2.54. The van der Waals surface area contributed by atoms with E-state index in [4.69, 9.17) is 0 Å². The highest BCUT2D eigenvalue weighted by atomic mass is 15.4. The zero-order chi connectivity index (χ0) is 15.4. The Hall–Kier alpha value is -1.03. The minimum atomic E-state index is 0.686. The molecular weight excluding hydrogens is 260 g/mol. The van der Waals surface area contributed by atoms with Crippen LogP contribution in [0.2, 0.25) is 0 Å². The van der Waals surface area contributed by atoms with Gasteiger partial charge in [-0.05, 0) is 38.1 Å². The fourth-order valence-electron chi connectivity index (χ4n) is 3.33. The molecule has 21 heavy (non-hydrogen) atoms. The molecule has 0 aliphatic carbocycles. The maximum absolute atomic E-state index is 4.66. The molecule has 2 heterocycles. The van der Waals surface area contributed by atoms with Gasteiger partial charge in [-0.1, -0.05) is 27.2 Å². The van der Waals surface area contributed by atoms with Crippen molar-refractivity contribution in [3.05, 3.63) is 11.3 Å². The molecule has 0 aromatic carbocycles. The number of rotatable bonds is 6. The SMILES string of the molecule is CCC1CCN(c2c(CNCC(C)C)c(C)nn2C)CC1. The minimum absolute atomic E-state index is 0.686. The Morgan fingerprint density at radius 1 is 1.29 bits per heavy atom. The lowest BCUT2D eigenvalue weighted by molar-refractivity contribution is 0.391. The molecule has 1 saturated heterocycles. The van der Waals surface area contributed by atoms with Gasteiger partial charge in [-0.2, -0.15) is 5.10 Å². The van der Waals surface area contributed by atoms with Gasteiger partial charge in [0.25, 0.3) is 0 Å². The lowest BCUT2D eigenvalue weighted by atomic mass is 9.94. The summed E-state index contributed by atoms with van der Waals surface area (Å²) >= 11 is 0. The predicted octanol–water partition coefficient (Wildman–Crippen LogP) is 3.10. The molecule has 1 aromatic rings. The summed E-state index contributed by atoms with van der Waals surface area (Å²) in [7, 11) is 2.08. The van der Waals surface area contributed by atoms with Gasteiger partial charge >= 0.3 is 0 Å². The van der Waals surface area contributed by atoms with E-state index in [2.05, 4.69) is 54.7 Å². The summed E-state index contributed by atoms with van der Waals surface area (Å²) in [6.07, 6.45) is 3.96. The van der Waals surface area contributed by atoms with E-state index in [0.29, 0.717) is 5.92 Å². The summed E-state index contributed by atoms with van der Waals surface area (Å²) in [5.41, 5.74) is 2.55. The molecule has 1 aliphatic heterocycles. The van der Waals surface area contributed by atoms with Crippen LogP contribution in [-0.2, 0) is 13.6 Å². The third-order valence-corrected chi connectivity index (χ3v) is 4.66. The first kappa shape index (κ1) is 16.3. The van der Waals surface area contributed by atoms with Gasteiger partial charge in [0.1, 0.15) is 5.82 Å². The third kappa shape index (κ3) is 4.00. The van der Waals surface area contributed by atoms with Crippen LogP contribution in [0, 0.1) is 18.8 Å². The molecule has 0 bridgehead atoms. The monoisotopic (exact) mass is 292 g/mol. The average Bonchev–Trinajstić information content (AvgIpc) is 2.73. The molecular formula is C17H32N4. The molecule has 1 N–H and O–H groups in total. The summed E-state index contributed by atoms with van der Waals surface area (Å²) in [5.74, 6) is 2.93. The van der Waals surface area contributed by atoms with E-state index in [1.165, 1.54) is 49.4 Å². The van der Waals surface area contributed by atoms with Crippen molar-refractivity contribution in [1.82, 2.24) is 15.1 Å². The predicted molar refractivity (Wildman–Crippen MR) is 89.7 cm³/mol. The molecule has 4 heteroatoms. The van der Waals surface area contributed by atoms with Crippen LogP contribution in [0.15, 0.2) is 0 Å². The number of nitrogens with zero attached hydrogens (tertiary/aromatic N) is 3. The summed E-state index contributed by atoms with van der Waals surface area (Å²) in [6.45, 7) is 13.3. The second-order valence-corrected chi connectivity index (χ2v) is 6.87. The number of piperidine rings is 1. The first-order valence-electron chi connectivity index (χ1n) is 8.51. The van der Waals surface area contributed by atoms with Crippen molar-refractivity contribution in [3.8, 4) is 0 Å². The molecule has 0 unspecified atom stereocenters. The Morgan fingerprint density at radius 2 is 1.95 bits per heavy atom. The normalized spacial score (nSPS) is 17.0. The van der Waals surface area contributed by atoms with Crippen LogP contribution in [0.3, 0.4) is 0 Å². The van der Waals surface area contributed by atoms with Crippen LogP contribution < -0.4 is 10.2 Å². The van der Waals surface area contributed by atoms with Crippen molar-refractivity contribution >= 4 is 5.82 Å². The van der Waals surface area contributed by atoms with Gasteiger partial charge in [-0.15, -0.1) is 0 Å². The van der Waals surface area contributed by atoms with Gasteiger partial charge in [-0.3, -0.25) is 4.68 Å². The zero-order valence-corrected chi connectivity index (χ0v) is 14.4. The molecule has 0 radical (unpaired) electrons. The average molecular weight is 292 g/mol. The number of aromatic nitrogens is 2. The highest BCUT2D eigenvalue weighted by Crippen LogP contribution is 2.28. The van der Waals surface area contributed by atoms with Gasteiger partial charge in [0.2, 0.25) is 0 Å². The number of hydrogen-bond donors (Lipinski definition) is 1. The summed E-state index contributed by atoms with van der Waals surface area (Å²) in [6, 6.07) is 0. The van der Waals surface area contributed by atoms with E-state index >= 15 is 0 Å². The Kier molecular flexibility index (Phi) is 5.68. The van der Waals surface area contributed by atoms with E-state index < -0.39 is 0 Å². The molecule has 0 spiro atoms. The number of anilines is 1. The Bertz CT molecular complexity index is 442. The number of aryl methyl sites for hydroxylation is 2. The van der Waals surface area contributed by atoms with E-state index in [0.717, 1.165) is 19.0 Å². The third-order valence-electron chi connectivity index (χ3n) is 4.66. The van der Waals surface area contributed by atoms with Gasteiger partial charge < -0.3 is 10.2 Å². The van der Waals surface area contributed by atoms with Crippen molar-refractivity contribution in [2.75, 3.05) is 24.5 Å². The minimum Gasteiger partial charge on any atom is -0.357 e. The molecule has 120 valence electrons. The number of nitrogens with one attached hydrogen (secondary N) is 1. The zero-order valence-electron chi connectivity index (χ0n) is 14.4. The van der Waals surface area contributed by atoms with Crippen molar-refractivity contribution in [2.45, 2.75) is 53.5 Å². The smallest absolute Gasteiger partial charge is 0.131 e. The lowest BCUT2D eigenvalue weighted by Gasteiger charge is -2.33. The maximum atomic E-state index is 4.66. The quantitative estimate of drug-likeness (QED) is 0.874. The van der Waals surface area contributed by atoms with Gasteiger partial charge in [0.05, 0.1) is 5.69 Å². The molecule has 1 aliphatic rings. The van der Waals surface area contributed by atoms with E-state index in [9.17, 15) is 0 Å². The van der Waals surface area contributed by atoms with E-state index in [1.807, 2.05) is 0 Å². The Balaban J connectivity index is 2.08. The van der Waals surface area contributed by atoms with E-state index in [1.54, 1.807) is 0 Å². The highest BCUT2D eigenvalue weighted by molar-refractivity contribution is 5.50. The Morgan fingerprint density at radius 3 is 2.52 bits per heavy atom. The van der Waals surface area contributed by atoms with Gasteiger partial charge in [0.15, 0.2) is 0 Å². The molecule has 0 atom stereocenters. The molecule has 1 aromatic heterocycles. The van der Waals surface area contributed by atoms with Crippen LogP contribution in [0.1, 0.15) is 51.3 Å². The largest absolute Gasteiger partial charge is 0.357 e. The van der Waals surface area contributed by atoms with Crippen LogP contribution in [0.25, 0.3) is 0 Å². The van der Waals surface area contributed by atoms with Crippen LogP contribution in [-0.4, -0.2) is 29.4 Å². The van der Waals surface area contributed by atoms with Crippen molar-refractivity contribution in [1.29, 1.82) is 0 Å².